The predicted octanol–water partition coefficient (Wildman–Crippen LogP) is 1.26. The van der Waals surface area contributed by atoms with Crippen molar-refractivity contribution in [3.63, 3.8) is 0 Å². The van der Waals surface area contributed by atoms with Crippen LogP contribution in [0.3, 0.4) is 0 Å². The third-order valence-electron chi connectivity index (χ3n) is 1.53. The second-order valence-corrected chi connectivity index (χ2v) is 4.38. The first-order valence-electron chi connectivity index (χ1n) is 5.16. The molecule has 1 atom stereocenters. The molecule has 1 unspecified atom stereocenters. The number of rotatable bonds is 3. The van der Waals surface area contributed by atoms with Gasteiger partial charge in [-0.15, -0.1) is 0 Å². The van der Waals surface area contributed by atoms with Gasteiger partial charge < -0.3 is 5.11 Å². The molecule has 0 aliphatic heterocycles. The van der Waals surface area contributed by atoms with Crippen LogP contribution >= 0.6 is 0 Å². The summed E-state index contributed by atoms with van der Waals surface area (Å²) in [5.74, 6) is 0. The standard InChI is InChI=1S/C6H17N2O.C6H6/c1-6(9)5-7-8(2,3)4;1-2-4-6-5-3-1/h6-7,9H,5H2,1-4H3;1-6H/q+1;. The Morgan fingerprint density at radius 1 is 1.00 bits per heavy atom. The van der Waals surface area contributed by atoms with E-state index in [0.29, 0.717) is 11.1 Å². The van der Waals surface area contributed by atoms with Gasteiger partial charge in [0.2, 0.25) is 0 Å². The lowest BCUT2D eigenvalue weighted by molar-refractivity contribution is -0.915. The van der Waals surface area contributed by atoms with Gasteiger partial charge in [-0.3, -0.25) is 4.59 Å². The van der Waals surface area contributed by atoms with Crippen LogP contribution in [0, 0.1) is 0 Å². The molecular weight excluding hydrogens is 188 g/mol. The zero-order valence-corrected chi connectivity index (χ0v) is 10.1. The van der Waals surface area contributed by atoms with E-state index in [-0.39, 0.29) is 6.10 Å². The number of hydrogen-bond donors (Lipinski definition) is 2. The summed E-state index contributed by atoms with van der Waals surface area (Å²) in [6, 6.07) is 12.0. The molecule has 0 aliphatic carbocycles. The van der Waals surface area contributed by atoms with E-state index < -0.39 is 0 Å². The van der Waals surface area contributed by atoms with Gasteiger partial charge in [0, 0.05) is 0 Å². The van der Waals surface area contributed by atoms with Gasteiger partial charge >= 0.3 is 0 Å². The second kappa shape index (κ2) is 7.40. The molecule has 0 fully saturated rings. The third-order valence-corrected chi connectivity index (χ3v) is 1.53. The monoisotopic (exact) mass is 211 g/mol. The fourth-order valence-electron chi connectivity index (χ4n) is 0.791. The fourth-order valence-corrected chi connectivity index (χ4v) is 0.791. The van der Waals surface area contributed by atoms with Gasteiger partial charge in [-0.1, -0.05) is 36.4 Å². The van der Waals surface area contributed by atoms with Crippen molar-refractivity contribution in [1.29, 1.82) is 0 Å². The smallest absolute Gasteiger partial charge is 0.0853 e. The van der Waals surface area contributed by atoms with Crippen LogP contribution in [-0.2, 0) is 0 Å². The number of aliphatic hydroxyl groups excluding tert-OH is 1. The summed E-state index contributed by atoms with van der Waals surface area (Å²) in [6.45, 7) is 2.41. The van der Waals surface area contributed by atoms with Crippen LogP contribution < -0.4 is 5.43 Å². The van der Waals surface area contributed by atoms with Crippen LogP contribution in [0.2, 0.25) is 0 Å². The number of benzene rings is 1. The maximum Gasteiger partial charge on any atom is 0.0853 e. The van der Waals surface area contributed by atoms with Crippen molar-refractivity contribution >= 4 is 0 Å². The van der Waals surface area contributed by atoms with Crippen molar-refractivity contribution in [3.05, 3.63) is 36.4 Å². The van der Waals surface area contributed by atoms with Crippen LogP contribution in [0.15, 0.2) is 36.4 Å². The molecule has 0 spiro atoms. The van der Waals surface area contributed by atoms with Gasteiger partial charge in [0.15, 0.2) is 0 Å². The molecule has 0 aromatic heterocycles. The van der Waals surface area contributed by atoms with E-state index in [1.54, 1.807) is 6.92 Å². The number of hydrogen-bond acceptors (Lipinski definition) is 2. The van der Waals surface area contributed by atoms with Crippen molar-refractivity contribution in [1.82, 2.24) is 5.43 Å². The van der Waals surface area contributed by atoms with Crippen LogP contribution in [0.25, 0.3) is 0 Å². The first-order valence-corrected chi connectivity index (χ1v) is 5.16. The largest absolute Gasteiger partial charge is 0.392 e. The van der Waals surface area contributed by atoms with Gasteiger partial charge in [-0.05, 0) is 6.92 Å². The second-order valence-electron chi connectivity index (χ2n) is 4.38. The molecule has 0 amide bonds. The minimum Gasteiger partial charge on any atom is -0.392 e. The Bertz CT molecular complexity index is 202. The van der Waals surface area contributed by atoms with Crippen LogP contribution in [0.5, 0.6) is 0 Å². The molecule has 1 aromatic carbocycles. The van der Waals surface area contributed by atoms with E-state index in [0.717, 1.165) is 0 Å². The summed E-state index contributed by atoms with van der Waals surface area (Å²) in [4.78, 5) is 0. The number of aliphatic hydroxyl groups is 1. The summed E-state index contributed by atoms with van der Waals surface area (Å²) in [7, 11) is 6.05. The van der Waals surface area contributed by atoms with E-state index >= 15 is 0 Å². The fraction of sp³-hybridized carbons (Fsp3) is 0.500. The predicted molar refractivity (Wildman–Crippen MR) is 64.2 cm³/mol. The van der Waals surface area contributed by atoms with Gasteiger partial charge in [-0.2, -0.15) is 5.43 Å². The maximum atomic E-state index is 8.84. The lowest BCUT2D eigenvalue weighted by atomic mass is 10.4. The number of quaternary nitrogens is 1. The highest BCUT2D eigenvalue weighted by Gasteiger charge is 2.06. The van der Waals surface area contributed by atoms with Gasteiger partial charge in [-0.25, -0.2) is 0 Å². The minimum atomic E-state index is -0.262. The summed E-state index contributed by atoms with van der Waals surface area (Å²) in [5, 5.41) is 8.84. The topological polar surface area (TPSA) is 32.3 Å². The molecular formula is C12H23N2O+. The van der Waals surface area contributed by atoms with Crippen LogP contribution in [0.4, 0.5) is 0 Å². The van der Waals surface area contributed by atoms with Crippen molar-refractivity contribution in [2.75, 3.05) is 27.7 Å². The first kappa shape index (κ1) is 14.1. The summed E-state index contributed by atoms with van der Waals surface area (Å²) < 4.78 is 0.685. The van der Waals surface area contributed by atoms with Crippen LogP contribution in [-0.4, -0.2) is 43.5 Å². The first-order chi connectivity index (χ1) is 6.92. The molecule has 0 saturated carbocycles. The molecule has 1 rings (SSSR count). The summed E-state index contributed by atoms with van der Waals surface area (Å²) >= 11 is 0. The van der Waals surface area contributed by atoms with E-state index in [9.17, 15) is 0 Å². The molecule has 2 N–H and O–H groups in total. The Labute approximate surface area is 92.9 Å². The van der Waals surface area contributed by atoms with Gasteiger partial charge in [0.1, 0.15) is 0 Å². The molecule has 0 radical (unpaired) electrons. The Balaban J connectivity index is 0.000000280. The van der Waals surface area contributed by atoms with Gasteiger partial charge in [0.05, 0.1) is 33.8 Å². The maximum absolute atomic E-state index is 8.84. The average Bonchev–Trinajstić information content (AvgIpc) is 2.18. The number of nitrogens with one attached hydrogen (secondary N) is 1. The Hall–Kier alpha value is -0.900. The van der Waals surface area contributed by atoms with E-state index in [1.807, 2.05) is 57.5 Å². The molecule has 86 valence electrons. The molecule has 0 saturated heterocycles. The highest BCUT2D eigenvalue weighted by atomic mass is 16.3. The zero-order chi connectivity index (χ0) is 11.7. The van der Waals surface area contributed by atoms with Crippen molar-refractivity contribution in [2.45, 2.75) is 13.0 Å². The zero-order valence-electron chi connectivity index (χ0n) is 10.1. The molecule has 1 aromatic rings. The average molecular weight is 211 g/mol. The van der Waals surface area contributed by atoms with Gasteiger partial charge in [0.25, 0.3) is 0 Å². The van der Waals surface area contributed by atoms with Crippen molar-refractivity contribution < 1.29 is 9.70 Å². The summed E-state index contributed by atoms with van der Waals surface area (Å²) in [5.41, 5.74) is 3.11. The molecule has 0 bridgehead atoms. The van der Waals surface area contributed by atoms with Crippen LogP contribution in [0.1, 0.15) is 6.92 Å². The highest BCUT2D eigenvalue weighted by Crippen LogP contribution is 1.82. The minimum absolute atomic E-state index is 0.262. The summed E-state index contributed by atoms with van der Waals surface area (Å²) in [6.07, 6.45) is -0.262. The van der Waals surface area contributed by atoms with Crippen molar-refractivity contribution in [2.24, 2.45) is 0 Å². The van der Waals surface area contributed by atoms with E-state index in [4.69, 9.17) is 5.11 Å². The lowest BCUT2D eigenvalue weighted by Crippen LogP contribution is -2.50. The highest BCUT2D eigenvalue weighted by molar-refractivity contribution is 4.99. The molecule has 0 aliphatic rings. The normalized spacial score (nSPS) is 12.6. The van der Waals surface area contributed by atoms with E-state index in [2.05, 4.69) is 5.43 Å². The Morgan fingerprint density at radius 2 is 1.33 bits per heavy atom. The third kappa shape index (κ3) is 13.1. The lowest BCUT2D eigenvalue weighted by Gasteiger charge is -2.24. The molecule has 3 nitrogen and oxygen atoms in total. The van der Waals surface area contributed by atoms with E-state index in [1.165, 1.54) is 0 Å². The SMILES string of the molecule is CC(O)CN[N+](C)(C)C.c1ccccc1. The molecule has 3 heteroatoms. The quantitative estimate of drug-likeness (QED) is 0.583. The Kier molecular flexibility index (Phi) is 6.96. The molecule has 15 heavy (non-hydrogen) atoms. The molecule has 0 heterocycles. The number of nitrogens with zero attached hydrogens (tertiary/aromatic N) is 1. The Morgan fingerprint density at radius 3 is 1.47 bits per heavy atom. The van der Waals surface area contributed by atoms with Crippen molar-refractivity contribution in [3.8, 4) is 0 Å².